The Morgan fingerprint density at radius 3 is 2.85 bits per heavy atom. The molecule has 0 unspecified atom stereocenters. The van der Waals surface area contributed by atoms with Gasteiger partial charge in [-0.05, 0) is 26.0 Å². The highest BCUT2D eigenvalue weighted by Crippen LogP contribution is 2.27. The summed E-state index contributed by atoms with van der Waals surface area (Å²) >= 11 is 0. The summed E-state index contributed by atoms with van der Waals surface area (Å²) in [4.78, 5) is 19.1. The summed E-state index contributed by atoms with van der Waals surface area (Å²) in [5.74, 6) is -0.340. The molecule has 1 N–H and O–H groups in total. The Hall–Kier alpha value is -1.89. The van der Waals surface area contributed by atoms with Gasteiger partial charge < -0.3 is 14.8 Å². The second-order valence-electron chi connectivity index (χ2n) is 6.17. The molecular weight excluding hydrogens is 354 g/mol. The van der Waals surface area contributed by atoms with Gasteiger partial charge in [-0.15, -0.1) is 12.4 Å². The van der Waals surface area contributed by atoms with Crippen molar-refractivity contribution in [2.24, 2.45) is 0 Å². The molecule has 0 spiro atoms. The second kappa shape index (κ2) is 9.71. The van der Waals surface area contributed by atoms with Crippen molar-refractivity contribution in [1.29, 1.82) is 0 Å². The molecule has 1 aromatic carbocycles. The van der Waals surface area contributed by atoms with E-state index in [1.54, 1.807) is 6.20 Å². The third-order valence-electron chi connectivity index (χ3n) is 4.35. The number of ether oxygens (including phenoxy) is 2. The van der Waals surface area contributed by atoms with Gasteiger partial charge in [0.15, 0.2) is 0 Å². The first-order valence-electron chi connectivity index (χ1n) is 8.79. The maximum Gasteiger partial charge on any atom is 0.341 e. The minimum absolute atomic E-state index is 0. The van der Waals surface area contributed by atoms with Gasteiger partial charge in [-0.3, -0.25) is 9.88 Å². The maximum absolute atomic E-state index is 12.3. The van der Waals surface area contributed by atoms with Crippen molar-refractivity contribution in [2.75, 3.05) is 51.3 Å². The van der Waals surface area contributed by atoms with Crippen molar-refractivity contribution in [2.45, 2.75) is 13.8 Å². The number of aryl methyl sites for hydroxylation is 1. The summed E-state index contributed by atoms with van der Waals surface area (Å²) in [7, 11) is 0. The average molecular weight is 380 g/mol. The van der Waals surface area contributed by atoms with Gasteiger partial charge in [0.1, 0.15) is 5.56 Å². The number of carbonyl (C=O) groups is 1. The van der Waals surface area contributed by atoms with Crippen molar-refractivity contribution in [3.8, 4) is 0 Å². The number of hydrogen-bond acceptors (Lipinski definition) is 6. The molecule has 0 radical (unpaired) electrons. The predicted molar refractivity (Wildman–Crippen MR) is 105 cm³/mol. The van der Waals surface area contributed by atoms with E-state index in [0.29, 0.717) is 12.2 Å². The number of nitrogens with zero attached hydrogens (tertiary/aromatic N) is 2. The lowest BCUT2D eigenvalue weighted by molar-refractivity contribution is 0.0398. The van der Waals surface area contributed by atoms with Crippen LogP contribution >= 0.6 is 12.4 Å². The number of fused-ring (bicyclic) bond motifs is 1. The normalized spacial score (nSPS) is 14.7. The molecule has 0 amide bonds. The molecule has 1 saturated heterocycles. The predicted octanol–water partition coefficient (Wildman–Crippen LogP) is 2.89. The molecule has 2 aromatic rings. The number of aromatic nitrogens is 1. The summed E-state index contributed by atoms with van der Waals surface area (Å²) in [6.45, 7) is 9.30. The lowest BCUT2D eigenvalue weighted by Gasteiger charge is -2.27. The van der Waals surface area contributed by atoms with Gasteiger partial charge >= 0.3 is 5.97 Å². The number of rotatable bonds is 6. The number of benzene rings is 1. The number of halogens is 1. The molecule has 1 aliphatic heterocycles. The molecule has 7 heteroatoms. The molecule has 3 rings (SSSR count). The highest BCUT2D eigenvalue weighted by molar-refractivity contribution is 6.05. The quantitative estimate of drug-likeness (QED) is 0.778. The maximum atomic E-state index is 12.3. The van der Waals surface area contributed by atoms with Crippen molar-refractivity contribution in [1.82, 2.24) is 9.88 Å². The van der Waals surface area contributed by atoms with Crippen LogP contribution in [0.1, 0.15) is 22.8 Å². The van der Waals surface area contributed by atoms with E-state index in [-0.39, 0.29) is 18.4 Å². The van der Waals surface area contributed by atoms with Crippen LogP contribution < -0.4 is 5.32 Å². The van der Waals surface area contributed by atoms with Gasteiger partial charge in [0.05, 0.1) is 31.0 Å². The molecule has 0 aliphatic carbocycles. The third kappa shape index (κ3) is 4.84. The smallest absolute Gasteiger partial charge is 0.341 e. The molecule has 26 heavy (non-hydrogen) atoms. The summed E-state index contributed by atoms with van der Waals surface area (Å²) in [6, 6.07) is 6.06. The molecule has 0 bridgehead atoms. The SMILES string of the molecule is CCOC(=O)c1cnc2ccc(C)cc2c1NCCN1CCOCC1.Cl. The summed E-state index contributed by atoms with van der Waals surface area (Å²) in [6.07, 6.45) is 1.60. The van der Waals surface area contributed by atoms with Crippen molar-refractivity contribution >= 4 is 35.0 Å². The zero-order valence-corrected chi connectivity index (χ0v) is 16.1. The molecule has 1 aliphatic rings. The van der Waals surface area contributed by atoms with E-state index in [0.717, 1.165) is 61.5 Å². The summed E-state index contributed by atoms with van der Waals surface area (Å²) in [5.41, 5.74) is 3.29. The fraction of sp³-hybridized carbons (Fsp3) is 0.474. The Kier molecular flexibility index (Phi) is 7.63. The highest BCUT2D eigenvalue weighted by Gasteiger charge is 2.17. The van der Waals surface area contributed by atoms with Crippen LogP contribution in [0, 0.1) is 6.92 Å². The van der Waals surface area contributed by atoms with Crippen LogP contribution in [0.15, 0.2) is 24.4 Å². The van der Waals surface area contributed by atoms with Gasteiger partial charge in [-0.25, -0.2) is 4.79 Å². The van der Waals surface area contributed by atoms with E-state index in [2.05, 4.69) is 21.3 Å². The minimum Gasteiger partial charge on any atom is -0.462 e. The topological polar surface area (TPSA) is 63.7 Å². The van der Waals surface area contributed by atoms with Crippen LogP contribution in [0.5, 0.6) is 0 Å². The molecule has 1 aromatic heterocycles. The van der Waals surface area contributed by atoms with Gasteiger partial charge in [0, 0.05) is 37.8 Å². The Bertz CT molecular complexity index is 748. The Morgan fingerprint density at radius 1 is 1.35 bits per heavy atom. The lowest BCUT2D eigenvalue weighted by atomic mass is 10.1. The zero-order chi connectivity index (χ0) is 17.6. The number of hydrogen-bond donors (Lipinski definition) is 1. The van der Waals surface area contributed by atoms with Crippen LogP contribution in [0.25, 0.3) is 10.9 Å². The first-order valence-corrected chi connectivity index (χ1v) is 8.79. The van der Waals surface area contributed by atoms with Gasteiger partial charge in [-0.1, -0.05) is 11.6 Å². The van der Waals surface area contributed by atoms with E-state index < -0.39 is 0 Å². The van der Waals surface area contributed by atoms with E-state index in [9.17, 15) is 4.79 Å². The molecule has 6 nitrogen and oxygen atoms in total. The van der Waals surface area contributed by atoms with E-state index in [1.165, 1.54) is 0 Å². The number of carbonyl (C=O) groups excluding carboxylic acids is 1. The molecule has 0 saturated carbocycles. The number of pyridine rings is 1. The van der Waals surface area contributed by atoms with Crippen molar-refractivity contribution in [3.05, 3.63) is 35.5 Å². The first-order chi connectivity index (χ1) is 12.2. The van der Waals surface area contributed by atoms with E-state index >= 15 is 0 Å². The molecule has 2 heterocycles. The van der Waals surface area contributed by atoms with Crippen LogP contribution in [-0.2, 0) is 9.47 Å². The first kappa shape index (κ1) is 20.4. The monoisotopic (exact) mass is 379 g/mol. The minimum atomic E-state index is -0.340. The second-order valence-corrected chi connectivity index (χ2v) is 6.17. The third-order valence-corrected chi connectivity index (χ3v) is 4.35. The van der Waals surface area contributed by atoms with Gasteiger partial charge in [0.2, 0.25) is 0 Å². The van der Waals surface area contributed by atoms with Crippen molar-refractivity contribution in [3.63, 3.8) is 0 Å². The van der Waals surface area contributed by atoms with Gasteiger partial charge in [0.25, 0.3) is 0 Å². The Balaban J connectivity index is 0.00000243. The Labute approximate surface area is 160 Å². The van der Waals surface area contributed by atoms with Crippen LogP contribution in [0.3, 0.4) is 0 Å². The van der Waals surface area contributed by atoms with Crippen LogP contribution in [0.2, 0.25) is 0 Å². The molecule has 0 atom stereocenters. The number of morpholine rings is 1. The highest BCUT2D eigenvalue weighted by atomic mass is 35.5. The molecule has 142 valence electrons. The van der Waals surface area contributed by atoms with Crippen LogP contribution in [0.4, 0.5) is 5.69 Å². The van der Waals surface area contributed by atoms with E-state index in [1.807, 2.05) is 26.0 Å². The fourth-order valence-electron chi connectivity index (χ4n) is 3.02. The molecular formula is C19H26ClN3O3. The average Bonchev–Trinajstić information content (AvgIpc) is 2.63. The molecule has 1 fully saturated rings. The Morgan fingerprint density at radius 2 is 2.12 bits per heavy atom. The number of esters is 1. The fourth-order valence-corrected chi connectivity index (χ4v) is 3.02. The van der Waals surface area contributed by atoms with Crippen LogP contribution in [-0.4, -0.2) is 61.9 Å². The standard InChI is InChI=1S/C19H25N3O3.ClH/c1-3-25-19(23)16-13-21-17-5-4-14(2)12-15(17)18(16)20-6-7-22-8-10-24-11-9-22;/h4-5,12-13H,3,6-11H2,1-2H3,(H,20,21);1H. The number of anilines is 1. The lowest BCUT2D eigenvalue weighted by Crippen LogP contribution is -2.39. The summed E-state index contributed by atoms with van der Waals surface area (Å²) < 4.78 is 10.6. The van der Waals surface area contributed by atoms with E-state index in [4.69, 9.17) is 9.47 Å². The van der Waals surface area contributed by atoms with Crippen molar-refractivity contribution < 1.29 is 14.3 Å². The largest absolute Gasteiger partial charge is 0.462 e. The number of nitrogens with one attached hydrogen (secondary N) is 1. The van der Waals surface area contributed by atoms with Gasteiger partial charge in [-0.2, -0.15) is 0 Å². The zero-order valence-electron chi connectivity index (χ0n) is 15.3. The summed E-state index contributed by atoms with van der Waals surface area (Å²) in [5, 5.41) is 4.40.